The van der Waals surface area contributed by atoms with Crippen molar-refractivity contribution in [2.24, 2.45) is 0 Å². The highest BCUT2D eigenvalue weighted by atomic mass is 32.1. The van der Waals surface area contributed by atoms with Crippen LogP contribution in [-0.4, -0.2) is 15.9 Å². The molecule has 30 heavy (non-hydrogen) atoms. The van der Waals surface area contributed by atoms with Gasteiger partial charge in [-0.25, -0.2) is 9.97 Å². The first-order valence-corrected chi connectivity index (χ1v) is 10.5. The fraction of sp³-hybridized carbons (Fsp3) is 0.0952. The average Bonchev–Trinajstić information content (AvgIpc) is 3.32. The number of aromatic nitrogens is 2. The molecule has 2 aromatic carbocycles. The molecule has 0 spiro atoms. The molecule has 0 unspecified atom stereocenters. The normalized spacial score (nSPS) is 12.0. The number of nitrogens with zero attached hydrogens (tertiary/aromatic N) is 3. The lowest BCUT2D eigenvalue weighted by Crippen LogP contribution is -2.23. The molecule has 9 heteroatoms. The van der Waals surface area contributed by atoms with Crippen LogP contribution in [-0.2, 0) is 11.0 Å². The van der Waals surface area contributed by atoms with Crippen molar-refractivity contribution in [1.82, 2.24) is 9.97 Å². The second-order valence-electron chi connectivity index (χ2n) is 6.31. The zero-order valence-corrected chi connectivity index (χ0v) is 17.2. The third-order valence-corrected chi connectivity index (χ3v) is 6.00. The number of halogens is 3. The van der Waals surface area contributed by atoms with E-state index >= 15 is 0 Å². The summed E-state index contributed by atoms with van der Waals surface area (Å²) in [6.07, 6.45) is -0.902. The summed E-state index contributed by atoms with van der Waals surface area (Å²) in [5.74, 6) is -0.426. The summed E-state index contributed by atoms with van der Waals surface area (Å²) >= 11 is 2.72. The predicted octanol–water partition coefficient (Wildman–Crippen LogP) is 6.63. The molecule has 0 saturated carbocycles. The van der Waals surface area contributed by atoms with Crippen LogP contribution in [0, 0.1) is 0 Å². The fourth-order valence-corrected chi connectivity index (χ4v) is 4.55. The minimum atomic E-state index is -4.49. The largest absolute Gasteiger partial charge is 0.416 e. The van der Waals surface area contributed by atoms with Gasteiger partial charge in [0.1, 0.15) is 5.01 Å². The molecule has 4 aromatic rings. The Bertz CT molecular complexity index is 1210. The van der Waals surface area contributed by atoms with Crippen LogP contribution in [0.3, 0.4) is 0 Å². The SMILES string of the molecule is CC(=O)N(c1cccc(C(F)(F)F)c1)c1nc(/C=C/c2nc3ccccc3s2)cs1. The lowest BCUT2D eigenvalue weighted by Gasteiger charge is -2.19. The van der Waals surface area contributed by atoms with Crippen molar-refractivity contribution in [3.63, 3.8) is 0 Å². The van der Waals surface area contributed by atoms with Gasteiger partial charge < -0.3 is 0 Å². The minimum Gasteiger partial charge on any atom is -0.274 e. The number of hydrogen-bond donors (Lipinski definition) is 0. The lowest BCUT2D eigenvalue weighted by molar-refractivity contribution is -0.137. The Kier molecular flexibility index (Phi) is 5.40. The maximum Gasteiger partial charge on any atom is 0.416 e. The number of hydrogen-bond acceptors (Lipinski definition) is 5. The van der Waals surface area contributed by atoms with Crippen LogP contribution in [0.2, 0.25) is 0 Å². The Hall–Kier alpha value is -3.04. The van der Waals surface area contributed by atoms with Crippen molar-refractivity contribution in [3.05, 3.63) is 70.2 Å². The molecule has 0 aliphatic rings. The molecule has 0 saturated heterocycles. The second kappa shape index (κ2) is 8.00. The average molecular weight is 445 g/mol. The summed E-state index contributed by atoms with van der Waals surface area (Å²) < 4.78 is 40.2. The van der Waals surface area contributed by atoms with Gasteiger partial charge in [-0.15, -0.1) is 22.7 Å². The van der Waals surface area contributed by atoms with Gasteiger partial charge in [-0.2, -0.15) is 13.2 Å². The number of amides is 1. The summed E-state index contributed by atoms with van der Waals surface area (Å²) in [4.78, 5) is 22.3. The van der Waals surface area contributed by atoms with Crippen LogP contribution in [0.4, 0.5) is 24.0 Å². The van der Waals surface area contributed by atoms with Gasteiger partial charge in [-0.05, 0) is 42.5 Å². The first kappa shape index (κ1) is 20.2. The van der Waals surface area contributed by atoms with Gasteiger partial charge in [-0.1, -0.05) is 18.2 Å². The lowest BCUT2D eigenvalue weighted by atomic mass is 10.2. The van der Waals surface area contributed by atoms with E-state index in [0.29, 0.717) is 10.8 Å². The number of para-hydroxylation sites is 1. The van der Waals surface area contributed by atoms with Crippen LogP contribution in [0.5, 0.6) is 0 Å². The first-order chi connectivity index (χ1) is 14.3. The molecule has 1 amide bonds. The van der Waals surface area contributed by atoms with Crippen molar-refractivity contribution in [2.45, 2.75) is 13.1 Å². The molecule has 0 aliphatic carbocycles. The van der Waals surface area contributed by atoms with E-state index in [2.05, 4.69) is 9.97 Å². The van der Waals surface area contributed by atoms with E-state index in [1.165, 1.54) is 35.3 Å². The number of rotatable bonds is 4. The van der Waals surface area contributed by atoms with Crippen molar-refractivity contribution in [3.8, 4) is 0 Å². The van der Waals surface area contributed by atoms with Gasteiger partial charge in [0.2, 0.25) is 5.91 Å². The number of carbonyl (C=O) groups is 1. The Balaban J connectivity index is 1.61. The van der Waals surface area contributed by atoms with Crippen LogP contribution in [0.25, 0.3) is 22.4 Å². The number of carbonyl (C=O) groups excluding carboxylic acids is 1. The van der Waals surface area contributed by atoms with Crippen LogP contribution in [0.1, 0.15) is 23.2 Å². The number of anilines is 2. The number of alkyl halides is 3. The second-order valence-corrected chi connectivity index (χ2v) is 8.21. The van der Waals surface area contributed by atoms with Gasteiger partial charge in [0, 0.05) is 12.3 Å². The molecule has 0 aliphatic heterocycles. The summed E-state index contributed by atoms with van der Waals surface area (Å²) in [6, 6.07) is 12.4. The van der Waals surface area contributed by atoms with Crippen LogP contribution >= 0.6 is 22.7 Å². The third-order valence-electron chi connectivity index (χ3n) is 4.15. The van der Waals surface area contributed by atoms with Gasteiger partial charge in [0.05, 0.1) is 27.2 Å². The monoisotopic (exact) mass is 445 g/mol. The zero-order valence-electron chi connectivity index (χ0n) is 15.6. The van der Waals surface area contributed by atoms with Crippen molar-refractivity contribution < 1.29 is 18.0 Å². The summed E-state index contributed by atoms with van der Waals surface area (Å²) in [6.45, 7) is 1.29. The van der Waals surface area contributed by atoms with Crippen molar-refractivity contribution in [2.75, 3.05) is 4.90 Å². The smallest absolute Gasteiger partial charge is 0.274 e. The maximum absolute atomic E-state index is 13.0. The van der Waals surface area contributed by atoms with E-state index < -0.39 is 17.6 Å². The maximum atomic E-state index is 13.0. The van der Waals surface area contributed by atoms with Gasteiger partial charge in [-0.3, -0.25) is 9.69 Å². The van der Waals surface area contributed by atoms with E-state index in [4.69, 9.17) is 0 Å². The van der Waals surface area contributed by atoms with Crippen LogP contribution < -0.4 is 4.90 Å². The topological polar surface area (TPSA) is 46.1 Å². The van der Waals surface area contributed by atoms with E-state index in [1.807, 2.05) is 30.3 Å². The van der Waals surface area contributed by atoms with Crippen molar-refractivity contribution in [1.29, 1.82) is 0 Å². The quantitative estimate of drug-likeness (QED) is 0.354. The highest BCUT2D eigenvalue weighted by molar-refractivity contribution is 7.19. The Morgan fingerprint density at radius 1 is 1.07 bits per heavy atom. The highest BCUT2D eigenvalue weighted by Gasteiger charge is 2.31. The summed E-state index contributed by atoms with van der Waals surface area (Å²) in [5, 5.41) is 2.85. The molecular formula is C21H14F3N3OS2. The van der Waals surface area contributed by atoms with E-state index in [-0.39, 0.29) is 5.69 Å². The minimum absolute atomic E-state index is 0.119. The van der Waals surface area contributed by atoms with Crippen LogP contribution in [0.15, 0.2) is 53.9 Å². The fourth-order valence-electron chi connectivity index (χ4n) is 2.82. The Labute approximate surface area is 178 Å². The molecule has 4 nitrogen and oxygen atoms in total. The molecule has 2 heterocycles. The molecule has 0 radical (unpaired) electrons. The molecule has 0 bridgehead atoms. The zero-order chi connectivity index (χ0) is 21.3. The molecule has 2 aromatic heterocycles. The molecule has 0 fully saturated rings. The number of benzene rings is 2. The first-order valence-electron chi connectivity index (χ1n) is 8.78. The summed E-state index contributed by atoms with van der Waals surface area (Å²) in [5.41, 5.74) is 0.799. The Morgan fingerprint density at radius 3 is 2.60 bits per heavy atom. The van der Waals surface area contributed by atoms with E-state index in [9.17, 15) is 18.0 Å². The predicted molar refractivity (Wildman–Crippen MR) is 115 cm³/mol. The van der Waals surface area contributed by atoms with Gasteiger partial charge in [0.15, 0.2) is 5.13 Å². The highest BCUT2D eigenvalue weighted by Crippen LogP contribution is 2.35. The van der Waals surface area contributed by atoms with Gasteiger partial charge in [0.25, 0.3) is 0 Å². The molecular weight excluding hydrogens is 431 g/mol. The van der Waals surface area contributed by atoms with E-state index in [1.54, 1.807) is 22.8 Å². The van der Waals surface area contributed by atoms with E-state index in [0.717, 1.165) is 27.4 Å². The molecule has 4 rings (SSSR count). The van der Waals surface area contributed by atoms with Crippen molar-refractivity contribution >= 4 is 61.8 Å². The molecule has 152 valence electrons. The molecule has 0 atom stereocenters. The third kappa shape index (κ3) is 4.27. The van der Waals surface area contributed by atoms with Gasteiger partial charge >= 0.3 is 6.18 Å². The standard InChI is InChI=1S/C21H14F3N3OS2/c1-13(28)27(16-6-4-5-14(11-16)21(22,23)24)20-25-15(12-29-20)9-10-19-26-17-7-2-3-8-18(17)30-19/h2-12H,1H3/b10-9+. The summed E-state index contributed by atoms with van der Waals surface area (Å²) in [7, 11) is 0. The Morgan fingerprint density at radius 2 is 1.87 bits per heavy atom. The number of fused-ring (bicyclic) bond motifs is 1. The molecule has 0 N–H and O–H groups in total. The number of thiazole rings is 2.